The number of hydrogen-bond donors (Lipinski definition) is 2. The lowest BCUT2D eigenvalue weighted by Crippen LogP contribution is -2.11. The highest BCUT2D eigenvalue weighted by atomic mass is 32.1. The molecular formula is C20H19N3OS. The summed E-state index contributed by atoms with van der Waals surface area (Å²) < 4.78 is 0. The topological polar surface area (TPSA) is 54.0 Å². The number of nitrogens with zero attached hydrogens (tertiary/aromatic N) is 1. The fourth-order valence-corrected chi connectivity index (χ4v) is 3.01. The zero-order valence-electron chi connectivity index (χ0n) is 14.0. The first-order valence-electron chi connectivity index (χ1n) is 7.94. The van der Waals surface area contributed by atoms with Crippen molar-refractivity contribution in [2.45, 2.75) is 6.92 Å². The van der Waals surface area contributed by atoms with Gasteiger partial charge in [-0.1, -0.05) is 35.9 Å². The van der Waals surface area contributed by atoms with Crippen LogP contribution in [0.4, 0.5) is 10.8 Å². The van der Waals surface area contributed by atoms with E-state index < -0.39 is 0 Å². The molecule has 3 aromatic rings. The molecule has 0 saturated carbocycles. The average molecular weight is 349 g/mol. The van der Waals surface area contributed by atoms with E-state index in [9.17, 15) is 4.79 Å². The zero-order chi connectivity index (χ0) is 17.6. The molecule has 4 nitrogen and oxygen atoms in total. The molecule has 0 aliphatic heterocycles. The summed E-state index contributed by atoms with van der Waals surface area (Å²) in [7, 11) is 0. The summed E-state index contributed by atoms with van der Waals surface area (Å²) >= 11 is 1.56. The molecule has 0 bridgehead atoms. The lowest BCUT2D eigenvalue weighted by Gasteiger charge is -2.06. The molecule has 0 fully saturated rings. The van der Waals surface area contributed by atoms with Gasteiger partial charge in [0.15, 0.2) is 5.13 Å². The summed E-state index contributed by atoms with van der Waals surface area (Å²) in [6, 6.07) is 15.2. The monoisotopic (exact) mass is 349 g/mol. The smallest absolute Gasteiger partial charge is 0.255 e. The number of rotatable bonds is 6. The molecule has 1 amide bonds. The van der Waals surface area contributed by atoms with Gasteiger partial charge in [0.2, 0.25) is 0 Å². The SMILES string of the molecule is C=CCNc1nc(-c2ccc(NC(=O)c3ccc(C)cc3)cc2)cs1. The lowest BCUT2D eigenvalue weighted by atomic mass is 10.1. The van der Waals surface area contributed by atoms with Crippen molar-refractivity contribution in [2.75, 3.05) is 17.2 Å². The van der Waals surface area contributed by atoms with Crippen LogP contribution in [0.5, 0.6) is 0 Å². The minimum Gasteiger partial charge on any atom is -0.358 e. The van der Waals surface area contributed by atoms with Crippen molar-refractivity contribution in [3.63, 3.8) is 0 Å². The van der Waals surface area contributed by atoms with Gasteiger partial charge >= 0.3 is 0 Å². The standard InChI is InChI=1S/C20H19N3OS/c1-3-12-21-20-23-18(13-25-20)15-8-10-17(11-9-15)22-19(24)16-6-4-14(2)5-7-16/h3-11,13H,1,12H2,2H3,(H,21,23)(H,22,24). The van der Waals surface area contributed by atoms with Crippen molar-refractivity contribution < 1.29 is 4.79 Å². The van der Waals surface area contributed by atoms with Crippen LogP contribution in [0.15, 0.2) is 66.6 Å². The first kappa shape index (κ1) is 16.9. The van der Waals surface area contributed by atoms with Crippen LogP contribution in [0.1, 0.15) is 15.9 Å². The average Bonchev–Trinajstić information content (AvgIpc) is 3.10. The first-order valence-corrected chi connectivity index (χ1v) is 8.82. The Balaban J connectivity index is 1.67. The van der Waals surface area contributed by atoms with E-state index in [1.54, 1.807) is 17.4 Å². The molecule has 3 rings (SSSR count). The number of aromatic nitrogens is 1. The van der Waals surface area contributed by atoms with Crippen LogP contribution in [0.2, 0.25) is 0 Å². The first-order chi connectivity index (χ1) is 12.2. The number of thiazole rings is 1. The molecule has 25 heavy (non-hydrogen) atoms. The maximum absolute atomic E-state index is 12.2. The van der Waals surface area contributed by atoms with Crippen LogP contribution < -0.4 is 10.6 Å². The van der Waals surface area contributed by atoms with Crippen molar-refractivity contribution in [2.24, 2.45) is 0 Å². The zero-order valence-corrected chi connectivity index (χ0v) is 14.8. The van der Waals surface area contributed by atoms with Crippen molar-refractivity contribution in [1.29, 1.82) is 0 Å². The molecule has 0 spiro atoms. The van der Waals surface area contributed by atoms with Crippen LogP contribution in [0.25, 0.3) is 11.3 Å². The maximum atomic E-state index is 12.2. The summed E-state index contributed by atoms with van der Waals surface area (Å²) in [5, 5.41) is 8.96. The molecule has 1 heterocycles. The Morgan fingerprint density at radius 3 is 2.56 bits per heavy atom. The third-order valence-corrected chi connectivity index (χ3v) is 4.45. The second-order valence-corrected chi connectivity index (χ2v) is 6.46. The number of aryl methyl sites for hydroxylation is 1. The molecule has 0 aliphatic carbocycles. The Labute approximate surface area is 151 Å². The molecule has 0 saturated heterocycles. The number of benzene rings is 2. The predicted molar refractivity (Wildman–Crippen MR) is 105 cm³/mol. The number of amides is 1. The van der Waals surface area contributed by atoms with Gasteiger partial charge in [-0.25, -0.2) is 4.98 Å². The van der Waals surface area contributed by atoms with E-state index in [0.29, 0.717) is 12.1 Å². The lowest BCUT2D eigenvalue weighted by molar-refractivity contribution is 0.102. The van der Waals surface area contributed by atoms with Gasteiger partial charge in [-0.15, -0.1) is 17.9 Å². The summed E-state index contributed by atoms with van der Waals surface area (Å²) in [4.78, 5) is 16.8. The summed E-state index contributed by atoms with van der Waals surface area (Å²) in [5.74, 6) is -0.114. The molecule has 0 unspecified atom stereocenters. The number of nitrogens with one attached hydrogen (secondary N) is 2. The Bertz CT molecular complexity index is 867. The Kier molecular flexibility index (Phi) is 5.26. The third kappa shape index (κ3) is 4.33. The fourth-order valence-electron chi connectivity index (χ4n) is 2.28. The molecule has 2 N–H and O–H groups in total. The minimum atomic E-state index is -0.114. The van der Waals surface area contributed by atoms with E-state index in [2.05, 4.69) is 22.2 Å². The summed E-state index contributed by atoms with van der Waals surface area (Å²) in [6.07, 6.45) is 1.80. The van der Waals surface area contributed by atoms with Crippen LogP contribution in [0, 0.1) is 6.92 Å². The van der Waals surface area contributed by atoms with Crippen LogP contribution in [-0.4, -0.2) is 17.4 Å². The van der Waals surface area contributed by atoms with Gasteiger partial charge < -0.3 is 10.6 Å². The summed E-state index contributed by atoms with van der Waals surface area (Å²) in [6.45, 7) is 6.37. The van der Waals surface area contributed by atoms with Gasteiger partial charge in [0.1, 0.15) is 0 Å². The Morgan fingerprint density at radius 1 is 1.16 bits per heavy atom. The van der Waals surface area contributed by atoms with Crippen molar-refractivity contribution in [1.82, 2.24) is 4.98 Å². The molecule has 0 radical (unpaired) electrons. The largest absolute Gasteiger partial charge is 0.358 e. The van der Waals surface area contributed by atoms with Gasteiger partial charge in [-0.05, 0) is 31.2 Å². The molecule has 126 valence electrons. The van der Waals surface area contributed by atoms with E-state index in [0.717, 1.165) is 27.6 Å². The van der Waals surface area contributed by atoms with E-state index in [4.69, 9.17) is 0 Å². The predicted octanol–water partition coefficient (Wildman–Crippen LogP) is 4.97. The molecule has 0 aliphatic rings. The van der Waals surface area contributed by atoms with E-state index >= 15 is 0 Å². The number of carbonyl (C=O) groups is 1. The number of hydrogen-bond acceptors (Lipinski definition) is 4. The van der Waals surface area contributed by atoms with Crippen LogP contribution in [-0.2, 0) is 0 Å². The van der Waals surface area contributed by atoms with E-state index in [1.165, 1.54) is 0 Å². The summed E-state index contributed by atoms with van der Waals surface area (Å²) in [5.41, 5.74) is 4.46. The van der Waals surface area contributed by atoms with Gasteiger partial charge in [-0.3, -0.25) is 4.79 Å². The highest BCUT2D eigenvalue weighted by Crippen LogP contribution is 2.26. The highest BCUT2D eigenvalue weighted by molar-refractivity contribution is 7.14. The van der Waals surface area contributed by atoms with Crippen molar-refractivity contribution in [3.05, 3.63) is 77.7 Å². The highest BCUT2D eigenvalue weighted by Gasteiger charge is 2.07. The van der Waals surface area contributed by atoms with E-state index in [-0.39, 0.29) is 5.91 Å². The molecule has 1 aromatic heterocycles. The third-order valence-electron chi connectivity index (χ3n) is 3.65. The minimum absolute atomic E-state index is 0.114. The second-order valence-electron chi connectivity index (χ2n) is 5.60. The second kappa shape index (κ2) is 7.77. The van der Waals surface area contributed by atoms with Gasteiger partial charge in [0.05, 0.1) is 5.69 Å². The molecule has 2 aromatic carbocycles. The molecule has 5 heteroatoms. The van der Waals surface area contributed by atoms with Crippen LogP contribution in [0.3, 0.4) is 0 Å². The quantitative estimate of drug-likeness (QED) is 0.618. The maximum Gasteiger partial charge on any atom is 0.255 e. The van der Waals surface area contributed by atoms with Gasteiger partial charge in [0, 0.05) is 28.7 Å². The van der Waals surface area contributed by atoms with Crippen molar-refractivity contribution >= 4 is 28.1 Å². The Hall–Kier alpha value is -2.92. The molecular weight excluding hydrogens is 330 g/mol. The van der Waals surface area contributed by atoms with E-state index in [1.807, 2.05) is 60.8 Å². The van der Waals surface area contributed by atoms with Gasteiger partial charge in [0.25, 0.3) is 5.91 Å². The fraction of sp³-hybridized carbons (Fsp3) is 0.100. The van der Waals surface area contributed by atoms with Crippen LogP contribution >= 0.6 is 11.3 Å². The van der Waals surface area contributed by atoms with Gasteiger partial charge in [-0.2, -0.15) is 0 Å². The normalized spacial score (nSPS) is 10.3. The number of anilines is 2. The number of carbonyl (C=O) groups excluding carboxylic acids is 1. The molecule has 0 atom stereocenters. The Morgan fingerprint density at radius 2 is 1.88 bits per heavy atom. The van der Waals surface area contributed by atoms with Crippen molar-refractivity contribution in [3.8, 4) is 11.3 Å².